The quantitative estimate of drug-likeness (QED) is 0.660. The van der Waals surface area contributed by atoms with Gasteiger partial charge in [-0.05, 0) is 34.6 Å². The maximum atomic E-state index is 12.1. The molecule has 2 heterocycles. The Bertz CT molecular complexity index is 713. The highest BCUT2D eigenvalue weighted by molar-refractivity contribution is 7.44. The molecule has 2 rings (SSSR count). The second-order valence-corrected chi connectivity index (χ2v) is 8.28. The largest absolute Gasteiger partial charge is 0.374 e. The predicted molar refractivity (Wildman–Crippen MR) is 101 cm³/mol. The lowest BCUT2D eigenvalue weighted by Crippen LogP contribution is -2.40. The summed E-state index contributed by atoms with van der Waals surface area (Å²) in [7, 11) is 1.65. The van der Waals surface area contributed by atoms with Crippen molar-refractivity contribution in [1.29, 1.82) is 0 Å². The third-order valence-electron chi connectivity index (χ3n) is 4.24. The minimum atomic E-state index is -1.42. The average Bonchev–Trinajstić information content (AvgIpc) is 2.88. The normalized spacial score (nSPS) is 27.0. The summed E-state index contributed by atoms with van der Waals surface area (Å²) in [6, 6.07) is 1.61. The van der Waals surface area contributed by atoms with Crippen molar-refractivity contribution in [3.63, 3.8) is 0 Å². The van der Waals surface area contributed by atoms with Gasteiger partial charge in [0, 0.05) is 38.6 Å². The van der Waals surface area contributed by atoms with Gasteiger partial charge in [0.1, 0.15) is 12.2 Å². The first kappa shape index (κ1) is 22.2. The summed E-state index contributed by atoms with van der Waals surface area (Å²) < 4.78 is 26.4. The molecule has 1 aromatic heterocycles. The van der Waals surface area contributed by atoms with Gasteiger partial charge in [-0.25, -0.2) is 9.46 Å². The minimum Gasteiger partial charge on any atom is -0.374 e. The highest BCUT2D eigenvalue weighted by Crippen LogP contribution is 2.49. The van der Waals surface area contributed by atoms with E-state index in [0.29, 0.717) is 0 Å². The molecule has 152 valence electrons. The van der Waals surface area contributed by atoms with Crippen LogP contribution in [0.3, 0.4) is 0 Å². The van der Waals surface area contributed by atoms with Crippen LogP contribution in [0.15, 0.2) is 21.9 Å². The molecule has 0 aromatic carbocycles. The van der Waals surface area contributed by atoms with Gasteiger partial charge in [-0.2, -0.15) is 0 Å². The molecule has 1 aliphatic rings. The summed E-state index contributed by atoms with van der Waals surface area (Å²) >= 11 is 0. The van der Waals surface area contributed by atoms with Crippen LogP contribution < -0.4 is 11.2 Å². The first-order valence-corrected chi connectivity index (χ1v) is 9.88. The summed E-state index contributed by atoms with van der Waals surface area (Å²) in [6.07, 6.45) is -1.64. The van der Waals surface area contributed by atoms with Crippen LogP contribution >= 0.6 is 8.53 Å². The lowest BCUT2D eigenvalue weighted by molar-refractivity contribution is -0.0484. The molecule has 9 nitrogen and oxygen atoms in total. The van der Waals surface area contributed by atoms with Gasteiger partial charge < -0.3 is 18.5 Å². The second-order valence-electron chi connectivity index (χ2n) is 6.77. The Hall–Kier alpha value is -1.09. The van der Waals surface area contributed by atoms with Crippen molar-refractivity contribution in [1.82, 2.24) is 14.2 Å². The molecule has 1 saturated heterocycles. The number of nitrogens with one attached hydrogen (secondary N) is 1. The second kappa shape index (κ2) is 9.41. The Kier molecular flexibility index (Phi) is 7.73. The van der Waals surface area contributed by atoms with E-state index in [1.807, 2.05) is 0 Å². The average molecular weight is 401 g/mol. The van der Waals surface area contributed by atoms with Crippen molar-refractivity contribution < 1.29 is 18.5 Å². The molecule has 27 heavy (non-hydrogen) atoms. The Balaban J connectivity index is 2.28. The Morgan fingerprint density at radius 1 is 1.22 bits per heavy atom. The molecule has 0 spiro atoms. The van der Waals surface area contributed by atoms with E-state index in [0.717, 1.165) is 0 Å². The van der Waals surface area contributed by atoms with Crippen LogP contribution in [0.5, 0.6) is 0 Å². The van der Waals surface area contributed by atoms with Crippen molar-refractivity contribution in [2.24, 2.45) is 0 Å². The Morgan fingerprint density at radius 2 is 1.85 bits per heavy atom. The summed E-state index contributed by atoms with van der Waals surface area (Å²) in [6.45, 7) is 14.3. The standard InChI is InChI=1S/C17H28N3O6P/c1-10(2)20(11(3)4)27(24-7)26-14-12(5)25-16(15(14)23-6)19-9-8-13(21)18-17(19)22/h5,8-12,14-16H,1-4,6-7H3,(H,18,21,22)/t12-,14+,15?,16-,27?/m1/s1. The summed E-state index contributed by atoms with van der Waals surface area (Å²) in [5.41, 5.74) is -1.10. The monoisotopic (exact) mass is 401 g/mol. The van der Waals surface area contributed by atoms with E-state index in [4.69, 9.17) is 25.4 Å². The topological polar surface area (TPSA) is 95.0 Å². The van der Waals surface area contributed by atoms with Crippen LogP contribution in [0.4, 0.5) is 0 Å². The molecule has 0 amide bonds. The maximum absolute atomic E-state index is 12.1. The Labute approximate surface area is 160 Å². The fourth-order valence-electron chi connectivity index (χ4n) is 3.16. The molecule has 0 bridgehead atoms. The van der Waals surface area contributed by atoms with Gasteiger partial charge in [0.05, 0.1) is 6.10 Å². The molecule has 1 fully saturated rings. The number of hydrogen-bond acceptors (Lipinski definition) is 7. The predicted octanol–water partition coefficient (Wildman–Crippen LogP) is 1.54. The number of methoxy groups -OCH3 is 1. The van der Waals surface area contributed by atoms with Crippen LogP contribution in [-0.4, -0.2) is 58.8 Å². The number of nitrogens with zero attached hydrogens (tertiary/aromatic N) is 2. The van der Waals surface area contributed by atoms with E-state index in [9.17, 15) is 9.59 Å². The minimum absolute atomic E-state index is 0.188. The molecule has 1 aliphatic heterocycles. The van der Waals surface area contributed by atoms with Crippen molar-refractivity contribution >= 4 is 8.53 Å². The first-order chi connectivity index (χ1) is 12.7. The van der Waals surface area contributed by atoms with Gasteiger partial charge in [0.2, 0.25) is 0 Å². The van der Waals surface area contributed by atoms with Crippen molar-refractivity contribution in [2.45, 2.75) is 64.3 Å². The fourth-order valence-corrected chi connectivity index (χ4v) is 4.74. The molecular formula is C17H28N3O6P. The number of aromatic amines is 1. The molecule has 10 heteroatoms. The van der Waals surface area contributed by atoms with Crippen LogP contribution in [-0.2, 0) is 18.5 Å². The molecule has 0 aliphatic carbocycles. The number of ether oxygens (including phenoxy) is 2. The van der Waals surface area contributed by atoms with E-state index in [2.05, 4.69) is 37.3 Å². The first-order valence-electron chi connectivity index (χ1n) is 8.75. The summed E-state index contributed by atoms with van der Waals surface area (Å²) in [5.74, 6) is 0. The number of aromatic nitrogens is 2. The van der Waals surface area contributed by atoms with Crippen LogP contribution in [0.25, 0.3) is 0 Å². The van der Waals surface area contributed by atoms with E-state index in [1.54, 1.807) is 7.11 Å². The zero-order valence-electron chi connectivity index (χ0n) is 16.5. The zero-order chi connectivity index (χ0) is 20.3. The van der Waals surface area contributed by atoms with Crippen LogP contribution in [0.2, 0.25) is 0 Å². The van der Waals surface area contributed by atoms with E-state index >= 15 is 0 Å². The molecule has 2 radical (unpaired) electrons. The summed E-state index contributed by atoms with van der Waals surface area (Å²) in [4.78, 5) is 25.6. The molecule has 5 atom stereocenters. The molecule has 0 saturated carbocycles. The number of hydrogen-bond donors (Lipinski definition) is 1. The van der Waals surface area contributed by atoms with Gasteiger partial charge in [0.15, 0.2) is 6.23 Å². The van der Waals surface area contributed by atoms with Gasteiger partial charge in [-0.15, -0.1) is 0 Å². The highest BCUT2D eigenvalue weighted by atomic mass is 31.2. The third-order valence-corrected chi connectivity index (χ3v) is 6.27. The molecule has 2 unspecified atom stereocenters. The fraction of sp³-hybridized carbons (Fsp3) is 0.706. The SMILES string of the molecule is [CH][C@H]1O[C@@H](n2ccc(=O)[nH]c2=O)C(OC)[C@H]1OP(OC)N(C(C)C)C(C)C. The zero-order valence-corrected chi connectivity index (χ0v) is 17.4. The summed E-state index contributed by atoms with van der Waals surface area (Å²) in [5, 5.41) is 0. The van der Waals surface area contributed by atoms with E-state index < -0.39 is 44.3 Å². The van der Waals surface area contributed by atoms with Crippen molar-refractivity contribution in [3.8, 4) is 0 Å². The van der Waals surface area contributed by atoms with E-state index in [1.165, 1.54) is 23.9 Å². The number of H-pyrrole nitrogens is 1. The van der Waals surface area contributed by atoms with Gasteiger partial charge in [-0.3, -0.25) is 14.3 Å². The number of rotatable bonds is 8. The molecular weight excluding hydrogens is 373 g/mol. The van der Waals surface area contributed by atoms with E-state index in [-0.39, 0.29) is 12.1 Å². The van der Waals surface area contributed by atoms with Crippen LogP contribution in [0.1, 0.15) is 33.9 Å². The van der Waals surface area contributed by atoms with Crippen LogP contribution in [0, 0.1) is 6.92 Å². The van der Waals surface area contributed by atoms with Crippen molar-refractivity contribution in [2.75, 3.05) is 14.2 Å². The molecule has 1 N–H and O–H groups in total. The van der Waals surface area contributed by atoms with Crippen molar-refractivity contribution in [3.05, 3.63) is 40.0 Å². The lowest BCUT2D eigenvalue weighted by atomic mass is 10.1. The van der Waals surface area contributed by atoms with Gasteiger partial charge in [-0.1, -0.05) is 0 Å². The smallest absolute Gasteiger partial charge is 0.330 e. The maximum Gasteiger partial charge on any atom is 0.330 e. The lowest BCUT2D eigenvalue weighted by Gasteiger charge is -2.37. The molecule has 1 aromatic rings. The Morgan fingerprint density at radius 3 is 2.33 bits per heavy atom. The highest BCUT2D eigenvalue weighted by Gasteiger charge is 2.47. The van der Waals surface area contributed by atoms with Gasteiger partial charge in [0.25, 0.3) is 14.1 Å². The third kappa shape index (κ3) is 4.85. The van der Waals surface area contributed by atoms with Gasteiger partial charge >= 0.3 is 5.69 Å².